The molecular weight excluding hydrogens is 216 g/mol. The summed E-state index contributed by atoms with van der Waals surface area (Å²) in [6.45, 7) is 4.08. The molecule has 4 nitrogen and oxygen atoms in total. The van der Waals surface area contributed by atoms with Gasteiger partial charge in [0, 0.05) is 0 Å². The van der Waals surface area contributed by atoms with Crippen LogP contribution in [-0.4, -0.2) is 24.4 Å². The molecule has 2 heterocycles. The molecule has 3 rings (SSSR count). The van der Waals surface area contributed by atoms with E-state index in [0.717, 1.165) is 42.5 Å². The van der Waals surface area contributed by atoms with Gasteiger partial charge in [0.05, 0.1) is 5.39 Å². The number of piperidine rings is 1. The third-order valence-electron chi connectivity index (χ3n) is 3.24. The molecule has 0 radical (unpaired) electrons. The zero-order chi connectivity index (χ0) is 11.7. The molecule has 1 fully saturated rings. The summed E-state index contributed by atoms with van der Waals surface area (Å²) in [5.41, 5.74) is 1.95. The minimum absolute atomic E-state index is 0.254. The van der Waals surface area contributed by atoms with E-state index in [4.69, 9.17) is 9.26 Å². The molecule has 0 saturated carbocycles. The number of aryl methyl sites for hydroxylation is 1. The number of rotatable bonds is 2. The van der Waals surface area contributed by atoms with Crippen LogP contribution < -0.4 is 10.1 Å². The summed E-state index contributed by atoms with van der Waals surface area (Å²) in [5.74, 6) is 0.644. The lowest BCUT2D eigenvalue weighted by Crippen LogP contribution is -2.34. The van der Waals surface area contributed by atoms with Gasteiger partial charge < -0.3 is 14.6 Å². The lowest BCUT2D eigenvalue weighted by atomic mass is 10.1. The normalized spacial score (nSPS) is 17.5. The lowest BCUT2D eigenvalue weighted by Gasteiger charge is -2.22. The van der Waals surface area contributed by atoms with Crippen LogP contribution in [0.15, 0.2) is 22.7 Å². The Morgan fingerprint density at radius 2 is 2.18 bits per heavy atom. The minimum atomic E-state index is 0.254. The van der Waals surface area contributed by atoms with E-state index in [9.17, 15) is 0 Å². The molecule has 0 atom stereocenters. The van der Waals surface area contributed by atoms with Crippen molar-refractivity contribution >= 4 is 11.0 Å². The SMILES string of the molecule is Cc1cccc2onc(OC3CCNCC3)c12. The number of nitrogens with one attached hydrogen (secondary N) is 1. The number of hydrogen-bond donors (Lipinski definition) is 1. The molecule has 1 aliphatic heterocycles. The molecule has 90 valence electrons. The van der Waals surface area contributed by atoms with E-state index in [1.165, 1.54) is 0 Å². The summed E-state index contributed by atoms with van der Waals surface area (Å²) in [6.07, 6.45) is 2.31. The van der Waals surface area contributed by atoms with Crippen molar-refractivity contribution in [2.75, 3.05) is 13.1 Å². The van der Waals surface area contributed by atoms with Crippen LogP contribution >= 0.6 is 0 Å². The third kappa shape index (κ3) is 2.00. The highest BCUT2D eigenvalue weighted by Gasteiger charge is 2.19. The summed E-state index contributed by atoms with van der Waals surface area (Å²) < 4.78 is 11.2. The van der Waals surface area contributed by atoms with Gasteiger partial charge in [0.15, 0.2) is 5.58 Å². The molecule has 0 bridgehead atoms. The van der Waals surface area contributed by atoms with Crippen LogP contribution in [0.3, 0.4) is 0 Å². The van der Waals surface area contributed by atoms with Gasteiger partial charge >= 0.3 is 0 Å². The Balaban J connectivity index is 1.89. The second-order valence-corrected chi connectivity index (χ2v) is 4.50. The van der Waals surface area contributed by atoms with Crippen molar-refractivity contribution in [1.82, 2.24) is 10.5 Å². The van der Waals surface area contributed by atoms with Gasteiger partial charge in [0.1, 0.15) is 6.10 Å². The molecule has 1 aliphatic rings. The number of aromatic nitrogens is 1. The van der Waals surface area contributed by atoms with Gasteiger partial charge in [-0.05, 0) is 49.6 Å². The maximum Gasteiger partial charge on any atom is 0.262 e. The Morgan fingerprint density at radius 3 is 3.00 bits per heavy atom. The lowest BCUT2D eigenvalue weighted by molar-refractivity contribution is 0.151. The first kappa shape index (κ1) is 10.6. The molecule has 2 aromatic rings. The zero-order valence-corrected chi connectivity index (χ0v) is 9.90. The van der Waals surface area contributed by atoms with Crippen LogP contribution in [0.5, 0.6) is 5.88 Å². The van der Waals surface area contributed by atoms with Gasteiger partial charge in [-0.2, -0.15) is 0 Å². The van der Waals surface area contributed by atoms with Crippen LogP contribution in [0, 0.1) is 6.92 Å². The molecule has 1 N–H and O–H groups in total. The van der Waals surface area contributed by atoms with Crippen molar-refractivity contribution in [2.24, 2.45) is 0 Å². The number of nitrogens with zero attached hydrogens (tertiary/aromatic N) is 1. The van der Waals surface area contributed by atoms with Gasteiger partial charge in [-0.25, -0.2) is 0 Å². The first-order valence-corrected chi connectivity index (χ1v) is 6.07. The standard InChI is InChI=1S/C13H16N2O2/c1-9-3-2-4-11-12(9)13(15-17-11)16-10-5-7-14-8-6-10/h2-4,10,14H,5-8H2,1H3. The van der Waals surface area contributed by atoms with E-state index in [-0.39, 0.29) is 6.10 Å². The van der Waals surface area contributed by atoms with Gasteiger partial charge in [0.2, 0.25) is 0 Å². The average Bonchev–Trinajstić information content (AvgIpc) is 2.75. The van der Waals surface area contributed by atoms with Crippen LogP contribution in [-0.2, 0) is 0 Å². The fourth-order valence-electron chi connectivity index (χ4n) is 2.28. The number of benzene rings is 1. The molecule has 0 aliphatic carbocycles. The Morgan fingerprint density at radius 1 is 1.35 bits per heavy atom. The fourth-order valence-corrected chi connectivity index (χ4v) is 2.28. The summed E-state index contributed by atoms with van der Waals surface area (Å²) in [4.78, 5) is 0. The third-order valence-corrected chi connectivity index (χ3v) is 3.24. The predicted molar refractivity (Wildman–Crippen MR) is 65.3 cm³/mol. The monoisotopic (exact) mass is 232 g/mol. The van der Waals surface area contributed by atoms with Crippen molar-refractivity contribution in [1.29, 1.82) is 0 Å². The molecule has 0 unspecified atom stereocenters. The van der Waals surface area contributed by atoms with Gasteiger partial charge in [-0.15, -0.1) is 0 Å². The van der Waals surface area contributed by atoms with Crippen LogP contribution in [0.2, 0.25) is 0 Å². The first-order valence-electron chi connectivity index (χ1n) is 6.07. The summed E-state index contributed by atoms with van der Waals surface area (Å²) >= 11 is 0. The summed E-state index contributed by atoms with van der Waals surface area (Å²) in [7, 11) is 0. The molecule has 0 spiro atoms. The Bertz CT molecular complexity index is 515. The summed E-state index contributed by atoms with van der Waals surface area (Å²) in [6, 6.07) is 5.94. The topological polar surface area (TPSA) is 47.3 Å². The minimum Gasteiger partial charge on any atom is -0.472 e. The summed E-state index contributed by atoms with van der Waals surface area (Å²) in [5, 5.41) is 8.36. The van der Waals surface area contributed by atoms with Gasteiger partial charge in [-0.3, -0.25) is 0 Å². The van der Waals surface area contributed by atoms with E-state index >= 15 is 0 Å². The van der Waals surface area contributed by atoms with Gasteiger partial charge in [-0.1, -0.05) is 12.1 Å². The molecule has 0 amide bonds. The average molecular weight is 232 g/mol. The quantitative estimate of drug-likeness (QED) is 0.862. The molecule has 4 heteroatoms. The van der Waals surface area contributed by atoms with Crippen molar-refractivity contribution in [3.05, 3.63) is 23.8 Å². The van der Waals surface area contributed by atoms with Gasteiger partial charge in [0.25, 0.3) is 5.88 Å². The molecule has 1 saturated heterocycles. The maximum atomic E-state index is 5.94. The largest absolute Gasteiger partial charge is 0.472 e. The fraction of sp³-hybridized carbons (Fsp3) is 0.462. The molecule has 1 aromatic carbocycles. The predicted octanol–water partition coefficient (Wildman–Crippen LogP) is 2.27. The molecule has 1 aromatic heterocycles. The zero-order valence-electron chi connectivity index (χ0n) is 9.90. The molecular formula is C13H16N2O2. The van der Waals surface area contributed by atoms with E-state index in [0.29, 0.717) is 5.88 Å². The van der Waals surface area contributed by atoms with E-state index in [2.05, 4.69) is 23.5 Å². The molecule has 17 heavy (non-hydrogen) atoms. The van der Waals surface area contributed by atoms with E-state index < -0.39 is 0 Å². The van der Waals surface area contributed by atoms with E-state index in [1.54, 1.807) is 0 Å². The Labute approximate surface area is 99.9 Å². The number of fused-ring (bicyclic) bond motifs is 1. The smallest absolute Gasteiger partial charge is 0.262 e. The number of ether oxygens (including phenoxy) is 1. The van der Waals surface area contributed by atoms with Crippen LogP contribution in [0.1, 0.15) is 18.4 Å². The highest BCUT2D eigenvalue weighted by molar-refractivity contribution is 5.85. The van der Waals surface area contributed by atoms with Crippen molar-refractivity contribution < 1.29 is 9.26 Å². The second kappa shape index (κ2) is 4.37. The first-order chi connectivity index (χ1) is 8.34. The Hall–Kier alpha value is -1.55. The Kier molecular flexibility index (Phi) is 2.73. The van der Waals surface area contributed by atoms with Crippen molar-refractivity contribution in [3.8, 4) is 5.88 Å². The van der Waals surface area contributed by atoms with Crippen LogP contribution in [0.25, 0.3) is 11.0 Å². The second-order valence-electron chi connectivity index (χ2n) is 4.50. The maximum absolute atomic E-state index is 5.94. The highest BCUT2D eigenvalue weighted by Crippen LogP contribution is 2.29. The van der Waals surface area contributed by atoms with Crippen molar-refractivity contribution in [2.45, 2.75) is 25.9 Å². The highest BCUT2D eigenvalue weighted by atomic mass is 16.5. The van der Waals surface area contributed by atoms with Crippen LogP contribution in [0.4, 0.5) is 0 Å². The van der Waals surface area contributed by atoms with Crippen molar-refractivity contribution in [3.63, 3.8) is 0 Å². The van der Waals surface area contributed by atoms with E-state index in [1.807, 2.05) is 12.1 Å². The number of hydrogen-bond acceptors (Lipinski definition) is 4.